The first-order valence-electron chi connectivity index (χ1n) is 6.11. The summed E-state index contributed by atoms with van der Waals surface area (Å²) in [5, 5.41) is 10.9. The van der Waals surface area contributed by atoms with Crippen LogP contribution in [0.5, 0.6) is 5.75 Å². The van der Waals surface area contributed by atoms with E-state index in [1.54, 1.807) is 42.7 Å². The Kier molecular flexibility index (Phi) is 4.40. The molecule has 0 radical (unpaired) electrons. The second-order valence-corrected chi connectivity index (χ2v) is 5.01. The van der Waals surface area contributed by atoms with E-state index >= 15 is 0 Å². The molecule has 0 bridgehead atoms. The van der Waals surface area contributed by atoms with Crippen LogP contribution in [0.3, 0.4) is 0 Å². The van der Waals surface area contributed by atoms with Crippen LogP contribution < -0.4 is 4.74 Å². The van der Waals surface area contributed by atoms with E-state index in [1.165, 1.54) is 0 Å². The highest BCUT2D eigenvalue weighted by Crippen LogP contribution is 2.25. The first kappa shape index (κ1) is 13.8. The largest absolute Gasteiger partial charge is 0.489 e. The minimum Gasteiger partial charge on any atom is -0.489 e. The molecule has 3 nitrogen and oxygen atoms in total. The van der Waals surface area contributed by atoms with Crippen molar-refractivity contribution in [3.05, 3.63) is 58.9 Å². The minimum atomic E-state index is -0.736. The van der Waals surface area contributed by atoms with Crippen molar-refractivity contribution >= 4 is 11.6 Å². The summed E-state index contributed by atoms with van der Waals surface area (Å²) in [7, 11) is 0. The Labute approximate surface area is 117 Å². The highest BCUT2D eigenvalue weighted by atomic mass is 35.5. The van der Waals surface area contributed by atoms with Crippen molar-refractivity contribution in [3.63, 3.8) is 0 Å². The summed E-state index contributed by atoms with van der Waals surface area (Å²) in [5.74, 6) is 0.653. The lowest BCUT2D eigenvalue weighted by molar-refractivity contribution is 0.215. The smallest absolute Gasteiger partial charge is 0.138 e. The van der Waals surface area contributed by atoms with Crippen molar-refractivity contribution in [2.45, 2.75) is 26.1 Å². The number of pyridine rings is 1. The van der Waals surface area contributed by atoms with Crippen LogP contribution in [0.25, 0.3) is 0 Å². The standard InChI is InChI=1S/C15H16ClNO2/c1-10(2)19-14-7-12(8-17-9-14)15(18)11-3-5-13(16)6-4-11/h3-10,15,18H,1-2H3. The van der Waals surface area contributed by atoms with E-state index in [-0.39, 0.29) is 6.10 Å². The lowest BCUT2D eigenvalue weighted by Gasteiger charge is -2.14. The van der Waals surface area contributed by atoms with E-state index in [0.29, 0.717) is 16.3 Å². The molecule has 1 unspecified atom stereocenters. The fraction of sp³-hybridized carbons (Fsp3) is 0.267. The van der Waals surface area contributed by atoms with E-state index in [0.717, 1.165) is 5.56 Å². The Morgan fingerprint density at radius 1 is 1.11 bits per heavy atom. The monoisotopic (exact) mass is 277 g/mol. The fourth-order valence-corrected chi connectivity index (χ4v) is 1.89. The lowest BCUT2D eigenvalue weighted by atomic mass is 10.0. The van der Waals surface area contributed by atoms with E-state index in [4.69, 9.17) is 16.3 Å². The van der Waals surface area contributed by atoms with Gasteiger partial charge in [-0.2, -0.15) is 0 Å². The highest BCUT2D eigenvalue weighted by molar-refractivity contribution is 6.30. The van der Waals surface area contributed by atoms with Gasteiger partial charge in [0.15, 0.2) is 0 Å². The number of aliphatic hydroxyl groups is 1. The third-order valence-corrected chi connectivity index (χ3v) is 2.86. The molecule has 0 saturated carbocycles. The maximum atomic E-state index is 10.3. The lowest BCUT2D eigenvalue weighted by Crippen LogP contribution is -2.07. The molecule has 0 saturated heterocycles. The predicted molar refractivity (Wildman–Crippen MR) is 75.5 cm³/mol. The number of benzene rings is 1. The molecule has 1 aromatic carbocycles. The molecule has 2 aromatic rings. The zero-order chi connectivity index (χ0) is 13.8. The number of nitrogens with zero attached hydrogens (tertiary/aromatic N) is 1. The first-order chi connectivity index (χ1) is 9.06. The van der Waals surface area contributed by atoms with Gasteiger partial charge in [-0.15, -0.1) is 0 Å². The fourth-order valence-electron chi connectivity index (χ4n) is 1.76. The molecule has 1 N–H and O–H groups in total. The zero-order valence-corrected chi connectivity index (χ0v) is 11.6. The van der Waals surface area contributed by atoms with Crippen molar-refractivity contribution in [3.8, 4) is 5.75 Å². The second kappa shape index (κ2) is 6.04. The summed E-state index contributed by atoms with van der Waals surface area (Å²) in [6, 6.07) is 8.89. The number of aromatic nitrogens is 1. The van der Waals surface area contributed by atoms with E-state index in [1.807, 2.05) is 13.8 Å². The van der Waals surface area contributed by atoms with Gasteiger partial charge in [-0.1, -0.05) is 23.7 Å². The Morgan fingerprint density at radius 2 is 1.79 bits per heavy atom. The number of rotatable bonds is 4. The maximum absolute atomic E-state index is 10.3. The summed E-state index contributed by atoms with van der Waals surface area (Å²) >= 11 is 5.83. The number of hydrogen-bond acceptors (Lipinski definition) is 3. The molecule has 1 heterocycles. The number of hydrogen-bond donors (Lipinski definition) is 1. The predicted octanol–water partition coefficient (Wildman–Crippen LogP) is 3.60. The van der Waals surface area contributed by atoms with Gasteiger partial charge in [-0.25, -0.2) is 0 Å². The van der Waals surface area contributed by atoms with Crippen LogP contribution in [-0.2, 0) is 0 Å². The molecule has 0 amide bonds. The average Bonchev–Trinajstić information content (AvgIpc) is 2.38. The van der Waals surface area contributed by atoms with Gasteiger partial charge in [-0.05, 0) is 37.6 Å². The third kappa shape index (κ3) is 3.69. The topological polar surface area (TPSA) is 42.4 Å². The minimum absolute atomic E-state index is 0.0738. The molecule has 0 spiro atoms. The molecule has 1 atom stereocenters. The molecule has 2 rings (SSSR count). The van der Waals surface area contributed by atoms with E-state index in [9.17, 15) is 5.11 Å². The Hall–Kier alpha value is -1.58. The molecular formula is C15H16ClNO2. The second-order valence-electron chi connectivity index (χ2n) is 4.57. The molecule has 19 heavy (non-hydrogen) atoms. The van der Waals surface area contributed by atoms with Crippen molar-refractivity contribution in [1.82, 2.24) is 4.98 Å². The molecule has 0 aliphatic carbocycles. The normalized spacial score (nSPS) is 12.5. The summed E-state index contributed by atoms with van der Waals surface area (Å²) in [5.41, 5.74) is 1.47. The van der Waals surface area contributed by atoms with Crippen molar-refractivity contribution in [2.24, 2.45) is 0 Å². The van der Waals surface area contributed by atoms with Crippen molar-refractivity contribution in [2.75, 3.05) is 0 Å². The molecule has 100 valence electrons. The summed E-state index contributed by atoms with van der Waals surface area (Å²) in [6.45, 7) is 3.89. The van der Waals surface area contributed by atoms with Crippen LogP contribution in [0.2, 0.25) is 5.02 Å². The third-order valence-electron chi connectivity index (χ3n) is 2.61. The van der Waals surface area contributed by atoms with Gasteiger partial charge in [0, 0.05) is 16.8 Å². The van der Waals surface area contributed by atoms with Crippen molar-refractivity contribution in [1.29, 1.82) is 0 Å². The quantitative estimate of drug-likeness (QED) is 0.928. The highest BCUT2D eigenvalue weighted by Gasteiger charge is 2.12. The van der Waals surface area contributed by atoms with Crippen LogP contribution in [0, 0.1) is 0 Å². The van der Waals surface area contributed by atoms with Gasteiger partial charge >= 0.3 is 0 Å². The van der Waals surface area contributed by atoms with Gasteiger partial charge in [-0.3, -0.25) is 4.98 Å². The average molecular weight is 278 g/mol. The van der Waals surface area contributed by atoms with E-state index in [2.05, 4.69) is 4.98 Å². The Morgan fingerprint density at radius 3 is 2.42 bits per heavy atom. The zero-order valence-electron chi connectivity index (χ0n) is 10.9. The Balaban J connectivity index is 2.23. The summed E-state index contributed by atoms with van der Waals surface area (Å²) < 4.78 is 5.57. The van der Waals surface area contributed by atoms with Gasteiger partial charge in [0.2, 0.25) is 0 Å². The molecule has 1 aromatic heterocycles. The van der Waals surface area contributed by atoms with Gasteiger partial charge in [0.25, 0.3) is 0 Å². The van der Waals surface area contributed by atoms with Crippen LogP contribution in [-0.4, -0.2) is 16.2 Å². The molecular weight excluding hydrogens is 262 g/mol. The molecule has 0 fully saturated rings. The maximum Gasteiger partial charge on any atom is 0.138 e. The molecule has 4 heteroatoms. The molecule has 0 aliphatic rings. The molecule has 0 aliphatic heterocycles. The van der Waals surface area contributed by atoms with Gasteiger partial charge in [0.05, 0.1) is 12.3 Å². The number of ether oxygens (including phenoxy) is 1. The van der Waals surface area contributed by atoms with Crippen molar-refractivity contribution < 1.29 is 9.84 Å². The number of aliphatic hydroxyl groups excluding tert-OH is 1. The first-order valence-corrected chi connectivity index (χ1v) is 6.49. The van der Waals surface area contributed by atoms with Crippen LogP contribution >= 0.6 is 11.6 Å². The van der Waals surface area contributed by atoms with Gasteiger partial charge in [0.1, 0.15) is 11.9 Å². The van der Waals surface area contributed by atoms with Gasteiger partial charge < -0.3 is 9.84 Å². The summed E-state index contributed by atoms with van der Waals surface area (Å²) in [6.07, 6.45) is 2.61. The summed E-state index contributed by atoms with van der Waals surface area (Å²) in [4.78, 5) is 4.09. The Bertz CT molecular complexity index is 540. The number of halogens is 1. The van der Waals surface area contributed by atoms with Crippen LogP contribution in [0.4, 0.5) is 0 Å². The van der Waals surface area contributed by atoms with E-state index < -0.39 is 6.10 Å². The SMILES string of the molecule is CC(C)Oc1cncc(C(O)c2ccc(Cl)cc2)c1. The van der Waals surface area contributed by atoms with Crippen LogP contribution in [0.1, 0.15) is 31.1 Å². The van der Waals surface area contributed by atoms with Crippen LogP contribution in [0.15, 0.2) is 42.7 Å².